The number of carbonyl (C=O) groups excluding carboxylic acids is 1. The highest BCUT2D eigenvalue weighted by molar-refractivity contribution is 5.51. The molecule has 0 amide bonds. The van der Waals surface area contributed by atoms with Crippen molar-refractivity contribution >= 4 is 12.1 Å². The van der Waals surface area contributed by atoms with Gasteiger partial charge < -0.3 is 4.79 Å². The second-order valence-corrected chi connectivity index (χ2v) is 2.87. The molecule has 2 aromatic rings. The van der Waals surface area contributed by atoms with Crippen LogP contribution in [-0.4, -0.2) is 25.5 Å². The Hall–Kier alpha value is -1.98. The first-order valence-corrected chi connectivity index (χ1v) is 4.08. The standard InChI is InChI=1S/C8H8N4O2/c1-6-4-7(14)11(2-3-13)8-9-5-10-12(6)8/h3-5H,2H2,1H3. The van der Waals surface area contributed by atoms with Gasteiger partial charge in [0.15, 0.2) is 0 Å². The minimum absolute atomic E-state index is 0.00130. The lowest BCUT2D eigenvalue weighted by atomic mass is 10.4. The van der Waals surface area contributed by atoms with Crippen molar-refractivity contribution in [3.05, 3.63) is 28.4 Å². The van der Waals surface area contributed by atoms with E-state index in [2.05, 4.69) is 10.1 Å². The fourth-order valence-corrected chi connectivity index (χ4v) is 1.33. The van der Waals surface area contributed by atoms with Crippen LogP contribution in [0.15, 0.2) is 17.2 Å². The maximum Gasteiger partial charge on any atom is 0.255 e. The molecule has 2 rings (SSSR count). The largest absolute Gasteiger partial charge is 0.301 e. The third-order valence-corrected chi connectivity index (χ3v) is 1.96. The average Bonchev–Trinajstić information content (AvgIpc) is 2.60. The zero-order valence-electron chi connectivity index (χ0n) is 7.54. The Morgan fingerprint density at radius 3 is 3.07 bits per heavy atom. The van der Waals surface area contributed by atoms with E-state index in [4.69, 9.17) is 0 Å². The van der Waals surface area contributed by atoms with Gasteiger partial charge in [0, 0.05) is 11.8 Å². The molecule has 0 spiro atoms. The summed E-state index contributed by atoms with van der Waals surface area (Å²) in [6.07, 6.45) is 2.01. The molecule has 0 aliphatic carbocycles. The van der Waals surface area contributed by atoms with E-state index in [9.17, 15) is 9.59 Å². The molecule has 2 heterocycles. The quantitative estimate of drug-likeness (QED) is 0.596. The summed E-state index contributed by atoms with van der Waals surface area (Å²) in [6, 6.07) is 1.42. The summed E-state index contributed by atoms with van der Waals surface area (Å²) < 4.78 is 2.79. The van der Waals surface area contributed by atoms with Gasteiger partial charge in [0.2, 0.25) is 5.78 Å². The van der Waals surface area contributed by atoms with Crippen LogP contribution in [0.25, 0.3) is 5.78 Å². The monoisotopic (exact) mass is 192 g/mol. The summed E-state index contributed by atoms with van der Waals surface area (Å²) in [5, 5.41) is 3.93. The lowest BCUT2D eigenvalue weighted by Crippen LogP contribution is -2.23. The van der Waals surface area contributed by atoms with Crippen LogP contribution in [0.5, 0.6) is 0 Å². The van der Waals surface area contributed by atoms with Crippen molar-refractivity contribution in [2.75, 3.05) is 0 Å². The molecule has 0 aliphatic rings. The predicted molar refractivity (Wildman–Crippen MR) is 48.0 cm³/mol. The molecule has 6 heteroatoms. The normalized spacial score (nSPS) is 10.6. The summed E-state index contributed by atoms with van der Waals surface area (Å²) in [6.45, 7) is 1.76. The van der Waals surface area contributed by atoms with E-state index in [1.807, 2.05) is 0 Å². The van der Waals surface area contributed by atoms with Gasteiger partial charge in [-0.25, -0.2) is 4.52 Å². The predicted octanol–water partition coefficient (Wildman–Crippen LogP) is -0.602. The second kappa shape index (κ2) is 3.06. The van der Waals surface area contributed by atoms with E-state index < -0.39 is 0 Å². The summed E-state index contributed by atoms with van der Waals surface area (Å²) in [7, 11) is 0. The van der Waals surface area contributed by atoms with E-state index in [0.717, 1.165) is 0 Å². The number of aromatic nitrogens is 4. The molecule has 0 aromatic carbocycles. The molecular weight excluding hydrogens is 184 g/mol. The SMILES string of the molecule is Cc1cc(=O)n(CC=O)c2ncnn12. The van der Waals surface area contributed by atoms with Crippen LogP contribution in [0.1, 0.15) is 5.69 Å². The molecule has 0 N–H and O–H groups in total. The van der Waals surface area contributed by atoms with E-state index in [1.54, 1.807) is 6.92 Å². The van der Waals surface area contributed by atoms with Gasteiger partial charge in [0.25, 0.3) is 5.56 Å². The Bertz CT molecular complexity index is 540. The van der Waals surface area contributed by atoms with Gasteiger partial charge in [0.1, 0.15) is 12.6 Å². The lowest BCUT2D eigenvalue weighted by molar-refractivity contribution is -0.108. The van der Waals surface area contributed by atoms with Crippen LogP contribution in [0.3, 0.4) is 0 Å². The highest BCUT2D eigenvalue weighted by atomic mass is 16.1. The number of rotatable bonds is 2. The number of aryl methyl sites for hydroxylation is 1. The molecule has 14 heavy (non-hydrogen) atoms. The van der Waals surface area contributed by atoms with Crippen molar-refractivity contribution in [3.63, 3.8) is 0 Å². The van der Waals surface area contributed by atoms with Crippen molar-refractivity contribution in [1.29, 1.82) is 0 Å². The maximum absolute atomic E-state index is 11.5. The minimum atomic E-state index is -0.241. The molecule has 6 nitrogen and oxygen atoms in total. The van der Waals surface area contributed by atoms with Crippen LogP contribution in [0.2, 0.25) is 0 Å². The van der Waals surface area contributed by atoms with E-state index in [0.29, 0.717) is 17.8 Å². The van der Waals surface area contributed by atoms with Crippen LogP contribution < -0.4 is 5.56 Å². The van der Waals surface area contributed by atoms with Crippen molar-refractivity contribution in [2.24, 2.45) is 0 Å². The number of fused-ring (bicyclic) bond motifs is 1. The first kappa shape index (κ1) is 8.61. The molecule has 0 saturated heterocycles. The molecule has 0 aliphatic heterocycles. The smallest absolute Gasteiger partial charge is 0.255 e. The van der Waals surface area contributed by atoms with E-state index in [1.165, 1.54) is 21.5 Å². The molecule has 0 fully saturated rings. The number of nitrogens with zero attached hydrogens (tertiary/aromatic N) is 4. The average molecular weight is 192 g/mol. The Balaban J connectivity index is 2.86. The molecule has 2 aromatic heterocycles. The van der Waals surface area contributed by atoms with Gasteiger partial charge in [-0.05, 0) is 6.92 Å². The number of hydrogen-bond donors (Lipinski definition) is 0. The Morgan fingerprint density at radius 1 is 1.57 bits per heavy atom. The fourth-order valence-electron chi connectivity index (χ4n) is 1.33. The third kappa shape index (κ3) is 1.12. The van der Waals surface area contributed by atoms with Gasteiger partial charge in [-0.2, -0.15) is 10.1 Å². The zero-order valence-corrected chi connectivity index (χ0v) is 7.54. The van der Waals surface area contributed by atoms with Crippen LogP contribution in [0.4, 0.5) is 0 Å². The molecule has 0 atom stereocenters. The Kier molecular flexibility index (Phi) is 1.88. The van der Waals surface area contributed by atoms with Crippen LogP contribution >= 0.6 is 0 Å². The third-order valence-electron chi connectivity index (χ3n) is 1.96. The maximum atomic E-state index is 11.5. The molecule has 72 valence electrons. The topological polar surface area (TPSA) is 69.3 Å². The Labute approximate surface area is 78.8 Å². The van der Waals surface area contributed by atoms with Gasteiger partial charge >= 0.3 is 0 Å². The lowest BCUT2D eigenvalue weighted by Gasteiger charge is -2.03. The molecule has 0 saturated carbocycles. The van der Waals surface area contributed by atoms with Gasteiger partial charge in [-0.15, -0.1) is 0 Å². The van der Waals surface area contributed by atoms with Gasteiger partial charge in [0.05, 0.1) is 6.54 Å². The summed E-state index contributed by atoms with van der Waals surface area (Å²) in [5.41, 5.74) is 0.458. The fraction of sp³-hybridized carbons (Fsp3) is 0.250. The Morgan fingerprint density at radius 2 is 2.36 bits per heavy atom. The first-order valence-electron chi connectivity index (χ1n) is 4.08. The van der Waals surface area contributed by atoms with Crippen molar-refractivity contribution in [3.8, 4) is 0 Å². The van der Waals surface area contributed by atoms with Crippen LogP contribution in [0, 0.1) is 6.92 Å². The number of carbonyl (C=O) groups is 1. The van der Waals surface area contributed by atoms with E-state index in [-0.39, 0.29) is 12.1 Å². The zero-order chi connectivity index (χ0) is 10.1. The van der Waals surface area contributed by atoms with Crippen molar-refractivity contribution in [2.45, 2.75) is 13.5 Å². The van der Waals surface area contributed by atoms with E-state index >= 15 is 0 Å². The number of aldehydes is 1. The molecule has 0 unspecified atom stereocenters. The van der Waals surface area contributed by atoms with Crippen LogP contribution in [-0.2, 0) is 11.3 Å². The first-order chi connectivity index (χ1) is 6.74. The summed E-state index contributed by atoms with van der Waals surface area (Å²) in [5.74, 6) is 0.391. The molecule has 0 bridgehead atoms. The second-order valence-electron chi connectivity index (χ2n) is 2.87. The van der Waals surface area contributed by atoms with Crippen molar-refractivity contribution < 1.29 is 4.79 Å². The summed E-state index contributed by atoms with van der Waals surface area (Å²) in [4.78, 5) is 25.7. The highest BCUT2D eigenvalue weighted by Crippen LogP contribution is 1.98. The molecule has 0 radical (unpaired) electrons. The highest BCUT2D eigenvalue weighted by Gasteiger charge is 2.06. The van der Waals surface area contributed by atoms with Crippen molar-refractivity contribution in [1.82, 2.24) is 19.2 Å². The molecular formula is C8H8N4O2. The minimum Gasteiger partial charge on any atom is -0.301 e. The van der Waals surface area contributed by atoms with Gasteiger partial charge in [-0.3, -0.25) is 9.36 Å². The van der Waals surface area contributed by atoms with Gasteiger partial charge in [-0.1, -0.05) is 0 Å². The summed E-state index contributed by atoms with van der Waals surface area (Å²) >= 11 is 0. The number of hydrogen-bond acceptors (Lipinski definition) is 4.